The van der Waals surface area contributed by atoms with Crippen LogP contribution in [0.5, 0.6) is 0 Å². The Morgan fingerprint density at radius 1 is 0.370 bits per heavy atom. The van der Waals surface area contributed by atoms with Crippen LogP contribution in [-0.2, 0) is 10.8 Å². The lowest BCUT2D eigenvalue weighted by molar-refractivity contribution is 0.491. The molecular weight excluding hydrogens is 649 g/mol. The summed E-state index contributed by atoms with van der Waals surface area (Å²) in [4.78, 5) is 0. The molecule has 0 radical (unpaired) electrons. The standard InChI is InChI=1S/C54H50/c1-9-53(10-2)47-20-16-14-18-38(47)49-44-27-39(35-23-31(5)21-32(6)24-35)41-29-43-37-17-13-15-19-46(37)54(11-3,12-4)52(43)45-28-40(36-25-33(7)22-34(8)26-36)42(30-48(49)53)50(44)51(41)45/h13-30H,9-12H2,1-8H3. The molecule has 2 aliphatic carbocycles. The summed E-state index contributed by atoms with van der Waals surface area (Å²) in [6.45, 7) is 18.7. The highest BCUT2D eigenvalue weighted by molar-refractivity contribution is 6.33. The van der Waals surface area contributed by atoms with Gasteiger partial charge in [0.25, 0.3) is 0 Å². The average molecular weight is 699 g/mol. The Hall–Kier alpha value is -5.20. The van der Waals surface area contributed by atoms with Crippen molar-refractivity contribution in [1.29, 1.82) is 0 Å². The Morgan fingerprint density at radius 3 is 1.37 bits per heavy atom. The molecule has 54 heavy (non-hydrogen) atoms. The van der Waals surface area contributed by atoms with Gasteiger partial charge in [-0.05, 0) is 177 Å². The highest BCUT2D eigenvalue weighted by Crippen LogP contribution is 2.61. The zero-order valence-electron chi connectivity index (χ0n) is 33.2. The van der Waals surface area contributed by atoms with Gasteiger partial charge in [0.05, 0.1) is 0 Å². The smallest absolute Gasteiger partial charge is 0.0216 e. The molecule has 0 aromatic heterocycles. The van der Waals surface area contributed by atoms with Gasteiger partial charge in [-0.15, -0.1) is 0 Å². The molecule has 0 atom stereocenters. The summed E-state index contributed by atoms with van der Waals surface area (Å²) in [5.41, 5.74) is 22.2. The monoisotopic (exact) mass is 698 g/mol. The van der Waals surface area contributed by atoms with Gasteiger partial charge in [-0.25, -0.2) is 0 Å². The maximum atomic E-state index is 2.65. The van der Waals surface area contributed by atoms with Gasteiger partial charge >= 0.3 is 0 Å². The second kappa shape index (κ2) is 11.6. The molecule has 0 nitrogen and oxygen atoms in total. The first-order valence-corrected chi connectivity index (χ1v) is 20.4. The minimum absolute atomic E-state index is 0.0290. The summed E-state index contributed by atoms with van der Waals surface area (Å²) >= 11 is 0. The van der Waals surface area contributed by atoms with Crippen LogP contribution in [0.3, 0.4) is 0 Å². The van der Waals surface area contributed by atoms with Gasteiger partial charge in [0.1, 0.15) is 0 Å². The molecule has 266 valence electrons. The number of benzene rings is 8. The van der Waals surface area contributed by atoms with Crippen molar-refractivity contribution in [3.63, 3.8) is 0 Å². The van der Waals surface area contributed by atoms with E-state index in [1.807, 2.05) is 0 Å². The summed E-state index contributed by atoms with van der Waals surface area (Å²) in [5.74, 6) is 0. The first kappa shape index (κ1) is 33.4. The molecule has 0 saturated carbocycles. The summed E-state index contributed by atoms with van der Waals surface area (Å²) < 4.78 is 0. The number of hydrogen-bond donors (Lipinski definition) is 0. The third-order valence-corrected chi connectivity index (χ3v) is 14.1. The van der Waals surface area contributed by atoms with Gasteiger partial charge in [0.15, 0.2) is 0 Å². The Morgan fingerprint density at radius 2 is 0.815 bits per heavy atom. The van der Waals surface area contributed by atoms with Crippen LogP contribution in [-0.4, -0.2) is 0 Å². The molecule has 8 aromatic rings. The second-order valence-corrected chi connectivity index (χ2v) is 16.8. The second-order valence-electron chi connectivity index (χ2n) is 16.8. The molecule has 0 fully saturated rings. The van der Waals surface area contributed by atoms with E-state index in [1.54, 1.807) is 0 Å². The van der Waals surface area contributed by atoms with Crippen LogP contribution < -0.4 is 0 Å². The van der Waals surface area contributed by atoms with Crippen molar-refractivity contribution in [2.75, 3.05) is 0 Å². The lowest BCUT2D eigenvalue weighted by Gasteiger charge is -2.33. The van der Waals surface area contributed by atoms with Gasteiger partial charge in [-0.3, -0.25) is 0 Å². The molecule has 0 heteroatoms. The molecule has 2 aliphatic rings. The SMILES string of the molecule is CCC1(CC)c2ccccc2-c2c1cc1c(-c3cc(C)cc(C)c3)cc3c4c(cc5c(-c6cc(C)cc(C)c6)cc2c1c53)-c1ccccc1C4(CC)CC. The predicted molar refractivity (Wildman–Crippen MR) is 234 cm³/mol. The van der Waals surface area contributed by atoms with Crippen molar-refractivity contribution < 1.29 is 0 Å². The minimum Gasteiger partial charge on any atom is -0.0642 e. The lowest BCUT2D eigenvalue weighted by atomic mass is 9.70. The van der Waals surface area contributed by atoms with Crippen molar-refractivity contribution in [3.05, 3.63) is 154 Å². The number of hydrogen-bond acceptors (Lipinski definition) is 0. The summed E-state index contributed by atoms with van der Waals surface area (Å²) in [7, 11) is 0. The Balaban J connectivity index is 1.51. The molecule has 0 unspecified atom stereocenters. The first-order chi connectivity index (χ1) is 26.2. The van der Waals surface area contributed by atoms with Crippen LogP contribution in [0.4, 0.5) is 0 Å². The van der Waals surface area contributed by atoms with E-state index in [1.165, 1.54) is 121 Å². The fraction of sp³-hybridized carbons (Fsp3) is 0.259. The van der Waals surface area contributed by atoms with E-state index in [0.717, 1.165) is 25.7 Å². The van der Waals surface area contributed by atoms with E-state index in [4.69, 9.17) is 0 Å². The quantitative estimate of drug-likeness (QED) is 0.152. The van der Waals surface area contributed by atoms with E-state index in [2.05, 4.69) is 165 Å². The van der Waals surface area contributed by atoms with E-state index in [9.17, 15) is 0 Å². The predicted octanol–water partition coefficient (Wildman–Crippen LogP) is 15.3. The number of rotatable bonds is 6. The van der Waals surface area contributed by atoms with Crippen molar-refractivity contribution in [3.8, 4) is 44.5 Å². The Bertz CT molecular complexity index is 2810. The molecule has 0 amide bonds. The average Bonchev–Trinajstić information content (AvgIpc) is 3.62. The largest absolute Gasteiger partial charge is 0.0642 e. The third-order valence-electron chi connectivity index (χ3n) is 14.1. The Kier molecular flexibility index (Phi) is 7.20. The van der Waals surface area contributed by atoms with Crippen molar-refractivity contribution in [2.45, 2.75) is 91.9 Å². The third kappa shape index (κ3) is 4.20. The summed E-state index contributed by atoms with van der Waals surface area (Å²) in [6, 6.07) is 43.5. The molecule has 0 saturated heterocycles. The van der Waals surface area contributed by atoms with Crippen LogP contribution >= 0.6 is 0 Å². The fourth-order valence-corrected chi connectivity index (χ4v) is 11.8. The fourth-order valence-electron chi connectivity index (χ4n) is 11.8. The summed E-state index contributed by atoms with van der Waals surface area (Å²) in [6.07, 6.45) is 4.29. The van der Waals surface area contributed by atoms with E-state index in [-0.39, 0.29) is 10.8 Å². The molecule has 10 rings (SSSR count). The van der Waals surface area contributed by atoms with Gasteiger partial charge in [-0.1, -0.05) is 135 Å². The van der Waals surface area contributed by atoms with Gasteiger partial charge in [-0.2, -0.15) is 0 Å². The zero-order valence-corrected chi connectivity index (χ0v) is 33.2. The highest BCUT2D eigenvalue weighted by atomic mass is 14.5. The van der Waals surface area contributed by atoms with Crippen LogP contribution in [0.15, 0.2) is 109 Å². The topological polar surface area (TPSA) is 0 Å². The maximum absolute atomic E-state index is 2.65. The molecule has 0 aliphatic heterocycles. The van der Waals surface area contributed by atoms with E-state index < -0.39 is 0 Å². The van der Waals surface area contributed by atoms with Gasteiger partial charge in [0, 0.05) is 10.8 Å². The van der Waals surface area contributed by atoms with Gasteiger partial charge < -0.3 is 0 Å². The molecule has 0 spiro atoms. The number of fused-ring (bicyclic) bond motifs is 8. The normalized spacial score (nSPS) is 14.9. The van der Waals surface area contributed by atoms with Gasteiger partial charge in [0.2, 0.25) is 0 Å². The molecule has 0 bridgehead atoms. The lowest BCUT2D eigenvalue weighted by Crippen LogP contribution is -2.23. The van der Waals surface area contributed by atoms with Crippen LogP contribution in [0, 0.1) is 27.7 Å². The zero-order chi connectivity index (χ0) is 37.3. The highest BCUT2D eigenvalue weighted by Gasteiger charge is 2.45. The molecule has 8 aromatic carbocycles. The first-order valence-electron chi connectivity index (χ1n) is 20.4. The molecule has 0 heterocycles. The molecule has 0 N–H and O–H groups in total. The Labute approximate surface area is 321 Å². The number of aryl methyl sites for hydroxylation is 4. The maximum Gasteiger partial charge on any atom is 0.0216 e. The van der Waals surface area contributed by atoms with Crippen molar-refractivity contribution in [2.24, 2.45) is 0 Å². The van der Waals surface area contributed by atoms with E-state index >= 15 is 0 Å². The van der Waals surface area contributed by atoms with Crippen LogP contribution in [0.1, 0.15) is 97.9 Å². The minimum atomic E-state index is -0.0533. The van der Waals surface area contributed by atoms with E-state index in [0.29, 0.717) is 0 Å². The van der Waals surface area contributed by atoms with Crippen molar-refractivity contribution in [1.82, 2.24) is 0 Å². The van der Waals surface area contributed by atoms with Crippen LogP contribution in [0.25, 0.3) is 76.8 Å². The molecular formula is C54H50. The van der Waals surface area contributed by atoms with Crippen LogP contribution in [0.2, 0.25) is 0 Å². The summed E-state index contributed by atoms with van der Waals surface area (Å²) in [5, 5.41) is 8.48. The van der Waals surface area contributed by atoms with Crippen molar-refractivity contribution >= 4 is 32.3 Å².